The molecule has 0 aliphatic heterocycles. The summed E-state index contributed by atoms with van der Waals surface area (Å²) in [5.74, 6) is -0.695. The number of rotatable bonds is 1. The minimum absolute atomic E-state index is 0.275. The molecular formula is C5H11N3O2. The maximum Gasteiger partial charge on any atom is 0.332 e. The van der Waals surface area contributed by atoms with Gasteiger partial charge in [-0.3, -0.25) is 5.41 Å². The summed E-state index contributed by atoms with van der Waals surface area (Å²) >= 11 is 0. The van der Waals surface area contributed by atoms with Crippen molar-refractivity contribution in [2.24, 2.45) is 5.73 Å². The van der Waals surface area contributed by atoms with E-state index in [1.54, 1.807) is 6.92 Å². The monoisotopic (exact) mass is 145 g/mol. The highest BCUT2D eigenvalue weighted by molar-refractivity contribution is 5.76. The number of nitrogens with two attached hydrogens (primary N) is 1. The van der Waals surface area contributed by atoms with E-state index >= 15 is 0 Å². The van der Waals surface area contributed by atoms with Crippen molar-refractivity contribution in [2.75, 3.05) is 7.05 Å². The number of nitrogens with one attached hydrogen (secondary N) is 1. The van der Waals surface area contributed by atoms with Gasteiger partial charge in [0.2, 0.25) is 5.96 Å². The van der Waals surface area contributed by atoms with Crippen molar-refractivity contribution in [3.05, 3.63) is 0 Å². The van der Waals surface area contributed by atoms with Crippen molar-refractivity contribution in [3.63, 3.8) is 0 Å². The molecule has 0 saturated carbocycles. The van der Waals surface area contributed by atoms with E-state index in [9.17, 15) is 4.79 Å². The van der Waals surface area contributed by atoms with Crippen LogP contribution in [0.3, 0.4) is 0 Å². The van der Waals surface area contributed by atoms with Crippen LogP contribution in [-0.4, -0.2) is 24.0 Å². The second kappa shape index (κ2) is 3.71. The van der Waals surface area contributed by atoms with Crippen LogP contribution in [0.25, 0.3) is 0 Å². The summed E-state index contributed by atoms with van der Waals surface area (Å²) in [5.41, 5.74) is 4.97. The zero-order valence-electron chi connectivity index (χ0n) is 6.05. The molecule has 0 unspecified atom stereocenters. The van der Waals surface area contributed by atoms with E-state index in [-0.39, 0.29) is 12.4 Å². The lowest BCUT2D eigenvalue weighted by Crippen LogP contribution is -2.34. The Morgan fingerprint density at radius 3 is 2.60 bits per heavy atom. The van der Waals surface area contributed by atoms with Crippen LogP contribution in [0.5, 0.6) is 0 Å². The summed E-state index contributed by atoms with van der Waals surface area (Å²) in [6.07, 6.45) is 0.275. The van der Waals surface area contributed by atoms with Crippen LogP contribution in [0.4, 0.5) is 0 Å². The summed E-state index contributed by atoms with van der Waals surface area (Å²) in [6.45, 7) is 1.66. The first kappa shape index (κ1) is 8.74. The van der Waals surface area contributed by atoms with Crippen molar-refractivity contribution in [1.82, 2.24) is 5.06 Å². The van der Waals surface area contributed by atoms with Crippen LogP contribution in [0.2, 0.25) is 0 Å². The molecule has 5 heteroatoms. The molecule has 0 bridgehead atoms. The Kier molecular flexibility index (Phi) is 3.24. The van der Waals surface area contributed by atoms with Crippen LogP contribution in [-0.2, 0) is 9.63 Å². The van der Waals surface area contributed by atoms with Gasteiger partial charge in [0.15, 0.2) is 0 Å². The lowest BCUT2D eigenvalue weighted by molar-refractivity contribution is -0.168. The number of carbonyl (C=O) groups is 1. The maximum absolute atomic E-state index is 10.5. The molecule has 0 aromatic heterocycles. The Hall–Kier alpha value is -1.26. The summed E-state index contributed by atoms with van der Waals surface area (Å²) in [4.78, 5) is 15.0. The molecule has 0 aromatic rings. The molecular weight excluding hydrogens is 134 g/mol. The fourth-order valence-electron chi connectivity index (χ4n) is 0.266. The van der Waals surface area contributed by atoms with Gasteiger partial charge in [-0.2, -0.15) is 5.06 Å². The van der Waals surface area contributed by atoms with Gasteiger partial charge in [-0.25, -0.2) is 4.79 Å². The number of hydrogen-bond acceptors (Lipinski definition) is 3. The van der Waals surface area contributed by atoms with E-state index in [2.05, 4.69) is 4.84 Å². The predicted molar refractivity (Wildman–Crippen MR) is 36.1 cm³/mol. The number of hydrogen-bond donors (Lipinski definition) is 2. The largest absolute Gasteiger partial charge is 0.368 e. The fourth-order valence-corrected chi connectivity index (χ4v) is 0.266. The summed E-state index contributed by atoms with van der Waals surface area (Å²) in [6, 6.07) is 0. The van der Waals surface area contributed by atoms with Crippen molar-refractivity contribution in [1.29, 1.82) is 5.41 Å². The minimum atomic E-state index is -0.405. The highest BCUT2D eigenvalue weighted by atomic mass is 16.7. The van der Waals surface area contributed by atoms with Crippen molar-refractivity contribution in [3.8, 4) is 0 Å². The Labute approximate surface area is 59.2 Å². The highest BCUT2D eigenvalue weighted by Gasteiger charge is 2.04. The predicted octanol–water partition coefficient (Wildman–Crippen LogP) is -0.320. The van der Waals surface area contributed by atoms with E-state index in [4.69, 9.17) is 11.1 Å². The standard InChI is InChI=1S/C5H11N3O2/c1-3-4(9)10-8(2)5(6)7/h3H2,1-2H3,(H3,6,7). The molecule has 0 amide bonds. The normalized spacial score (nSPS) is 8.60. The van der Waals surface area contributed by atoms with Crippen LogP contribution >= 0.6 is 0 Å². The molecule has 0 atom stereocenters. The van der Waals surface area contributed by atoms with E-state index in [0.29, 0.717) is 0 Å². The number of hydroxylamine groups is 2. The third-order valence-electron chi connectivity index (χ3n) is 0.867. The lowest BCUT2D eigenvalue weighted by Gasteiger charge is -2.14. The highest BCUT2D eigenvalue weighted by Crippen LogP contribution is 1.87. The SMILES string of the molecule is CCC(=O)ON(C)C(=N)N. The van der Waals surface area contributed by atoms with Gasteiger partial charge in [0.25, 0.3) is 0 Å². The smallest absolute Gasteiger partial charge is 0.332 e. The van der Waals surface area contributed by atoms with Gasteiger partial charge in [-0.1, -0.05) is 6.92 Å². The second-order valence-electron chi connectivity index (χ2n) is 1.70. The van der Waals surface area contributed by atoms with Gasteiger partial charge in [0.1, 0.15) is 0 Å². The fraction of sp³-hybridized carbons (Fsp3) is 0.600. The van der Waals surface area contributed by atoms with E-state index in [1.165, 1.54) is 7.05 Å². The molecule has 3 N–H and O–H groups in total. The first-order chi connectivity index (χ1) is 4.57. The van der Waals surface area contributed by atoms with Crippen LogP contribution < -0.4 is 5.73 Å². The number of guanidine groups is 1. The minimum Gasteiger partial charge on any atom is -0.368 e. The quantitative estimate of drug-likeness (QED) is 0.301. The zero-order chi connectivity index (χ0) is 8.15. The first-order valence-electron chi connectivity index (χ1n) is 2.86. The average Bonchev–Trinajstić information content (AvgIpc) is 1.87. The van der Waals surface area contributed by atoms with Gasteiger partial charge in [0, 0.05) is 13.5 Å². The second-order valence-corrected chi connectivity index (χ2v) is 1.70. The van der Waals surface area contributed by atoms with Crippen molar-refractivity contribution >= 4 is 11.9 Å². The summed E-state index contributed by atoms with van der Waals surface area (Å²) < 4.78 is 0. The molecule has 58 valence electrons. The van der Waals surface area contributed by atoms with Crippen LogP contribution in [0.1, 0.15) is 13.3 Å². The van der Waals surface area contributed by atoms with E-state index in [1.807, 2.05) is 0 Å². The van der Waals surface area contributed by atoms with E-state index < -0.39 is 5.97 Å². The Bertz CT molecular complexity index is 146. The maximum atomic E-state index is 10.5. The molecule has 0 rings (SSSR count). The van der Waals surface area contributed by atoms with Crippen LogP contribution in [0, 0.1) is 5.41 Å². The average molecular weight is 145 g/mol. The lowest BCUT2D eigenvalue weighted by atomic mass is 10.5. The van der Waals surface area contributed by atoms with Gasteiger partial charge in [-0.05, 0) is 0 Å². The first-order valence-corrected chi connectivity index (χ1v) is 2.86. The zero-order valence-corrected chi connectivity index (χ0v) is 6.05. The topological polar surface area (TPSA) is 79.4 Å². The molecule has 10 heavy (non-hydrogen) atoms. The molecule has 0 aromatic carbocycles. The van der Waals surface area contributed by atoms with Gasteiger partial charge < -0.3 is 10.6 Å². The molecule has 0 fully saturated rings. The molecule has 0 spiro atoms. The number of carbonyl (C=O) groups excluding carboxylic acids is 1. The molecule has 5 nitrogen and oxygen atoms in total. The van der Waals surface area contributed by atoms with Gasteiger partial charge in [-0.15, -0.1) is 0 Å². The molecule has 0 radical (unpaired) electrons. The Balaban J connectivity index is 3.68. The van der Waals surface area contributed by atoms with Crippen molar-refractivity contribution < 1.29 is 9.63 Å². The van der Waals surface area contributed by atoms with Gasteiger partial charge in [0.05, 0.1) is 0 Å². The summed E-state index contributed by atoms with van der Waals surface area (Å²) in [5, 5.41) is 7.70. The molecule has 0 saturated heterocycles. The Morgan fingerprint density at radius 2 is 2.30 bits per heavy atom. The molecule has 0 heterocycles. The van der Waals surface area contributed by atoms with Gasteiger partial charge >= 0.3 is 5.97 Å². The van der Waals surface area contributed by atoms with Crippen LogP contribution in [0.15, 0.2) is 0 Å². The summed E-state index contributed by atoms with van der Waals surface area (Å²) in [7, 11) is 1.40. The molecule has 0 aliphatic rings. The number of nitrogens with zero attached hydrogens (tertiary/aromatic N) is 1. The van der Waals surface area contributed by atoms with E-state index in [0.717, 1.165) is 5.06 Å². The third kappa shape index (κ3) is 2.91. The molecule has 0 aliphatic carbocycles. The third-order valence-corrected chi connectivity index (χ3v) is 0.867. The Morgan fingerprint density at radius 1 is 1.80 bits per heavy atom. The van der Waals surface area contributed by atoms with Crippen molar-refractivity contribution in [2.45, 2.75) is 13.3 Å².